The molecular weight excluding hydrogens is 372 g/mol. The van der Waals surface area contributed by atoms with Crippen molar-refractivity contribution in [1.29, 1.82) is 0 Å². The van der Waals surface area contributed by atoms with Gasteiger partial charge in [-0.3, -0.25) is 4.99 Å². The number of nitrogens with one attached hydrogen (secondary N) is 3. The van der Waals surface area contributed by atoms with Gasteiger partial charge in [0.05, 0.1) is 5.75 Å². The number of benzene rings is 2. The lowest BCUT2D eigenvalue weighted by molar-refractivity contribution is 0.509. The highest BCUT2D eigenvalue weighted by atomic mass is 32.2. The molecule has 0 unspecified atom stereocenters. The van der Waals surface area contributed by atoms with Crippen LogP contribution in [0.1, 0.15) is 25.0 Å². The molecule has 2 rings (SSSR count). The molecule has 0 aromatic heterocycles. The molecular formula is C21H30N4O2S. The number of nitrogens with zero attached hydrogens (tertiary/aromatic N) is 1. The molecule has 0 atom stereocenters. The zero-order valence-corrected chi connectivity index (χ0v) is 17.6. The molecule has 0 fully saturated rings. The largest absolute Gasteiger partial charge is 0.356 e. The molecule has 152 valence electrons. The van der Waals surface area contributed by atoms with E-state index in [2.05, 4.69) is 46.3 Å². The van der Waals surface area contributed by atoms with Crippen LogP contribution in [0.3, 0.4) is 0 Å². The summed E-state index contributed by atoms with van der Waals surface area (Å²) in [4.78, 5) is 4.18. The summed E-state index contributed by atoms with van der Waals surface area (Å²) in [5.41, 5.74) is 2.08. The fourth-order valence-electron chi connectivity index (χ4n) is 2.68. The first-order valence-corrected chi connectivity index (χ1v) is 11.0. The van der Waals surface area contributed by atoms with E-state index >= 15 is 0 Å². The Balaban J connectivity index is 1.77. The maximum Gasteiger partial charge on any atom is 0.213 e. The summed E-state index contributed by atoms with van der Waals surface area (Å²) in [5.74, 6) is 0.560. The van der Waals surface area contributed by atoms with Crippen LogP contribution >= 0.6 is 0 Å². The van der Waals surface area contributed by atoms with E-state index in [0.29, 0.717) is 19.0 Å². The molecule has 0 aliphatic heterocycles. The molecule has 0 aliphatic rings. The van der Waals surface area contributed by atoms with Crippen molar-refractivity contribution in [2.45, 2.75) is 25.8 Å². The van der Waals surface area contributed by atoms with E-state index in [-0.39, 0.29) is 17.7 Å². The summed E-state index contributed by atoms with van der Waals surface area (Å²) in [6, 6.07) is 19.7. The second kappa shape index (κ2) is 10.2. The number of hydrogen-bond acceptors (Lipinski definition) is 3. The van der Waals surface area contributed by atoms with Crippen molar-refractivity contribution in [3.8, 4) is 0 Å². The van der Waals surface area contributed by atoms with Crippen LogP contribution in [0, 0.1) is 0 Å². The average molecular weight is 403 g/mol. The fourth-order valence-corrected chi connectivity index (χ4v) is 3.58. The smallest absolute Gasteiger partial charge is 0.213 e. The second-order valence-electron chi connectivity index (χ2n) is 7.23. The van der Waals surface area contributed by atoms with Gasteiger partial charge in [-0.25, -0.2) is 13.1 Å². The third-order valence-corrected chi connectivity index (χ3v) is 5.80. The molecule has 0 saturated carbocycles. The van der Waals surface area contributed by atoms with Gasteiger partial charge in [-0.15, -0.1) is 0 Å². The van der Waals surface area contributed by atoms with Crippen molar-refractivity contribution >= 4 is 16.0 Å². The number of guanidine groups is 1. The van der Waals surface area contributed by atoms with E-state index in [1.54, 1.807) is 7.05 Å². The molecule has 6 nitrogen and oxygen atoms in total. The lowest BCUT2D eigenvalue weighted by Crippen LogP contribution is -2.45. The van der Waals surface area contributed by atoms with Gasteiger partial charge in [0.2, 0.25) is 10.0 Å². The van der Waals surface area contributed by atoms with E-state index in [0.717, 1.165) is 5.56 Å². The Hall–Kier alpha value is -2.38. The SMILES string of the molecule is CN=C(NCCS(=O)(=O)NCc1ccccc1)NCC(C)(C)c1ccccc1. The predicted octanol–water partition coefficient (Wildman–Crippen LogP) is 2.25. The molecule has 2 aromatic rings. The quantitative estimate of drug-likeness (QED) is 0.444. The van der Waals surface area contributed by atoms with Gasteiger partial charge in [-0.1, -0.05) is 74.5 Å². The topological polar surface area (TPSA) is 82.6 Å². The molecule has 0 heterocycles. The van der Waals surface area contributed by atoms with Crippen molar-refractivity contribution in [3.05, 3.63) is 71.8 Å². The molecule has 2 aromatic carbocycles. The van der Waals surface area contributed by atoms with Gasteiger partial charge in [0.1, 0.15) is 0 Å². The van der Waals surface area contributed by atoms with Gasteiger partial charge in [0.25, 0.3) is 0 Å². The number of sulfonamides is 1. The van der Waals surface area contributed by atoms with Gasteiger partial charge in [-0.05, 0) is 11.1 Å². The summed E-state index contributed by atoms with van der Waals surface area (Å²) in [7, 11) is -1.69. The van der Waals surface area contributed by atoms with Crippen molar-refractivity contribution in [2.75, 3.05) is 25.9 Å². The second-order valence-corrected chi connectivity index (χ2v) is 9.15. The zero-order valence-electron chi connectivity index (χ0n) is 16.8. The Bertz CT molecular complexity index is 850. The lowest BCUT2D eigenvalue weighted by Gasteiger charge is -2.26. The molecule has 3 N–H and O–H groups in total. The summed E-state index contributed by atoms with van der Waals surface area (Å²) < 4.78 is 26.9. The standard InChI is InChI=1S/C21H30N4O2S/c1-21(2,19-12-8-5-9-13-19)17-24-20(22-3)23-14-15-28(26,27)25-16-18-10-6-4-7-11-18/h4-13,25H,14-17H2,1-3H3,(H2,22,23,24). The Morgan fingerprint density at radius 3 is 2.18 bits per heavy atom. The monoisotopic (exact) mass is 402 g/mol. The van der Waals surface area contributed by atoms with E-state index in [1.165, 1.54) is 5.56 Å². The van der Waals surface area contributed by atoms with E-state index in [1.807, 2.05) is 48.5 Å². The van der Waals surface area contributed by atoms with Crippen LogP contribution in [0.25, 0.3) is 0 Å². The molecule has 0 aliphatic carbocycles. The number of aliphatic imine (C=N–C) groups is 1. The maximum absolute atomic E-state index is 12.2. The number of rotatable bonds is 9. The van der Waals surface area contributed by atoms with Crippen LogP contribution in [-0.2, 0) is 22.0 Å². The first-order valence-electron chi connectivity index (χ1n) is 9.34. The van der Waals surface area contributed by atoms with Gasteiger partial charge in [0.15, 0.2) is 5.96 Å². The highest BCUT2D eigenvalue weighted by Gasteiger charge is 2.20. The van der Waals surface area contributed by atoms with E-state index in [4.69, 9.17) is 0 Å². The minimum absolute atomic E-state index is 0.0252. The molecule has 0 amide bonds. The summed E-state index contributed by atoms with van der Waals surface area (Å²) in [6.45, 7) is 5.55. The van der Waals surface area contributed by atoms with Crippen molar-refractivity contribution in [2.24, 2.45) is 4.99 Å². The molecule has 0 saturated heterocycles. The highest BCUT2D eigenvalue weighted by Crippen LogP contribution is 2.21. The normalized spacial score (nSPS) is 12.6. The lowest BCUT2D eigenvalue weighted by atomic mass is 9.85. The summed E-state index contributed by atoms with van der Waals surface area (Å²) in [5, 5.41) is 6.34. The molecule has 28 heavy (non-hydrogen) atoms. The predicted molar refractivity (Wildman–Crippen MR) is 116 cm³/mol. The Morgan fingerprint density at radius 2 is 1.57 bits per heavy atom. The Kier molecular flexibility index (Phi) is 8.02. The molecule has 0 radical (unpaired) electrons. The van der Waals surface area contributed by atoms with Crippen LogP contribution in [0.4, 0.5) is 0 Å². The highest BCUT2D eigenvalue weighted by molar-refractivity contribution is 7.89. The van der Waals surface area contributed by atoms with E-state index < -0.39 is 10.0 Å². The van der Waals surface area contributed by atoms with Crippen molar-refractivity contribution in [1.82, 2.24) is 15.4 Å². The van der Waals surface area contributed by atoms with Crippen LogP contribution in [-0.4, -0.2) is 40.3 Å². The fraction of sp³-hybridized carbons (Fsp3) is 0.381. The van der Waals surface area contributed by atoms with Gasteiger partial charge >= 0.3 is 0 Å². The van der Waals surface area contributed by atoms with Gasteiger partial charge in [0, 0.05) is 32.1 Å². The zero-order chi connectivity index (χ0) is 20.5. The molecule has 7 heteroatoms. The first-order chi connectivity index (χ1) is 13.3. The summed E-state index contributed by atoms with van der Waals surface area (Å²) >= 11 is 0. The van der Waals surface area contributed by atoms with Crippen molar-refractivity contribution < 1.29 is 8.42 Å². The van der Waals surface area contributed by atoms with Crippen LogP contribution in [0.5, 0.6) is 0 Å². The number of hydrogen-bond donors (Lipinski definition) is 3. The van der Waals surface area contributed by atoms with E-state index in [9.17, 15) is 8.42 Å². The summed E-state index contributed by atoms with van der Waals surface area (Å²) in [6.07, 6.45) is 0. The van der Waals surface area contributed by atoms with Crippen LogP contribution in [0.2, 0.25) is 0 Å². The Morgan fingerprint density at radius 1 is 0.964 bits per heavy atom. The van der Waals surface area contributed by atoms with Crippen molar-refractivity contribution in [3.63, 3.8) is 0 Å². The van der Waals surface area contributed by atoms with Crippen LogP contribution < -0.4 is 15.4 Å². The van der Waals surface area contributed by atoms with Gasteiger partial charge in [-0.2, -0.15) is 0 Å². The molecule has 0 spiro atoms. The maximum atomic E-state index is 12.2. The Labute approximate surface area is 168 Å². The minimum atomic E-state index is -3.37. The average Bonchev–Trinajstić information content (AvgIpc) is 2.70. The minimum Gasteiger partial charge on any atom is -0.356 e. The van der Waals surface area contributed by atoms with Gasteiger partial charge < -0.3 is 10.6 Å². The van der Waals surface area contributed by atoms with Crippen LogP contribution in [0.15, 0.2) is 65.7 Å². The third kappa shape index (κ3) is 7.32. The first kappa shape index (κ1) is 21.9. The molecule has 0 bridgehead atoms. The third-order valence-electron chi connectivity index (χ3n) is 4.48.